The highest BCUT2D eigenvalue weighted by molar-refractivity contribution is 5.74. The highest BCUT2D eigenvalue weighted by atomic mass is 19.4. The molecule has 0 saturated heterocycles. The predicted octanol–water partition coefficient (Wildman–Crippen LogP) is 1.07. The second-order valence-electron chi connectivity index (χ2n) is 3.85. The lowest BCUT2D eigenvalue weighted by Crippen LogP contribution is -2.41. The van der Waals surface area contributed by atoms with Crippen LogP contribution >= 0.6 is 0 Å². The van der Waals surface area contributed by atoms with Crippen molar-refractivity contribution in [1.29, 1.82) is 0 Å². The molecule has 2 N–H and O–H groups in total. The minimum absolute atomic E-state index is 0.0197. The molecule has 1 atom stereocenters. The number of ether oxygens (including phenoxy) is 1. The number of carboxylic acids is 1. The lowest BCUT2D eigenvalue weighted by Gasteiger charge is -2.20. The number of nitrogens with zero attached hydrogens (tertiary/aromatic N) is 1. The van der Waals surface area contributed by atoms with Gasteiger partial charge in [-0.2, -0.15) is 13.2 Å². The maximum absolute atomic E-state index is 12.3. The molecular formula is C10H17F3N2O4. The van der Waals surface area contributed by atoms with E-state index in [0.29, 0.717) is 0 Å². The first-order chi connectivity index (χ1) is 8.68. The summed E-state index contributed by atoms with van der Waals surface area (Å²) in [5.41, 5.74) is 0. The Morgan fingerprint density at radius 3 is 2.42 bits per heavy atom. The van der Waals surface area contributed by atoms with Crippen molar-refractivity contribution in [2.24, 2.45) is 0 Å². The van der Waals surface area contributed by atoms with Crippen LogP contribution in [0, 0.1) is 0 Å². The normalized spacial score (nSPS) is 12.9. The highest BCUT2D eigenvalue weighted by Crippen LogP contribution is 2.24. The van der Waals surface area contributed by atoms with Gasteiger partial charge in [0.25, 0.3) is 0 Å². The van der Waals surface area contributed by atoms with E-state index in [4.69, 9.17) is 5.11 Å². The molecule has 0 saturated carbocycles. The summed E-state index contributed by atoms with van der Waals surface area (Å²) in [7, 11) is 2.30. The molecule has 0 heterocycles. The lowest BCUT2D eigenvalue weighted by molar-refractivity contribution is -0.213. The van der Waals surface area contributed by atoms with Crippen molar-refractivity contribution in [2.75, 3.05) is 27.2 Å². The number of amides is 2. The zero-order chi connectivity index (χ0) is 15.1. The Balaban J connectivity index is 3.99. The zero-order valence-electron chi connectivity index (χ0n) is 10.7. The van der Waals surface area contributed by atoms with Crippen LogP contribution in [0.15, 0.2) is 0 Å². The van der Waals surface area contributed by atoms with Crippen LogP contribution in [0.4, 0.5) is 18.0 Å². The van der Waals surface area contributed by atoms with Crippen LogP contribution in [0.5, 0.6) is 0 Å². The number of urea groups is 1. The van der Waals surface area contributed by atoms with Crippen molar-refractivity contribution in [1.82, 2.24) is 10.2 Å². The van der Waals surface area contributed by atoms with Gasteiger partial charge in [0.05, 0.1) is 6.42 Å². The minimum atomic E-state index is -4.48. The number of hydrogen-bond acceptors (Lipinski definition) is 3. The average molecular weight is 286 g/mol. The van der Waals surface area contributed by atoms with Crippen molar-refractivity contribution in [3.05, 3.63) is 0 Å². The molecule has 0 aliphatic carbocycles. The summed E-state index contributed by atoms with van der Waals surface area (Å²) in [6.45, 7) is -0.234. The highest BCUT2D eigenvalue weighted by Gasteiger charge is 2.39. The first-order valence-electron chi connectivity index (χ1n) is 5.48. The second-order valence-corrected chi connectivity index (χ2v) is 3.85. The number of carbonyl (C=O) groups is 2. The Kier molecular flexibility index (Phi) is 7.20. The van der Waals surface area contributed by atoms with E-state index in [1.54, 1.807) is 0 Å². The van der Waals surface area contributed by atoms with Gasteiger partial charge in [-0.25, -0.2) is 4.79 Å². The zero-order valence-corrected chi connectivity index (χ0v) is 10.7. The monoisotopic (exact) mass is 286 g/mol. The molecule has 0 radical (unpaired) electrons. The van der Waals surface area contributed by atoms with E-state index in [-0.39, 0.29) is 19.5 Å². The van der Waals surface area contributed by atoms with Crippen molar-refractivity contribution in [2.45, 2.75) is 25.1 Å². The maximum Gasteiger partial charge on any atom is 0.414 e. The Labute approximate surface area is 108 Å². The first-order valence-corrected chi connectivity index (χ1v) is 5.48. The van der Waals surface area contributed by atoms with E-state index in [9.17, 15) is 22.8 Å². The topological polar surface area (TPSA) is 78.9 Å². The molecule has 0 rings (SSSR count). The van der Waals surface area contributed by atoms with E-state index in [1.165, 1.54) is 7.05 Å². The van der Waals surface area contributed by atoms with Crippen LogP contribution in [0.2, 0.25) is 0 Å². The van der Waals surface area contributed by atoms with E-state index in [0.717, 1.165) is 12.0 Å². The molecule has 0 bridgehead atoms. The molecule has 0 spiro atoms. The van der Waals surface area contributed by atoms with Gasteiger partial charge in [0, 0.05) is 27.2 Å². The molecule has 0 fully saturated rings. The van der Waals surface area contributed by atoms with Gasteiger partial charge >= 0.3 is 18.2 Å². The fourth-order valence-electron chi connectivity index (χ4n) is 1.23. The molecule has 1 unspecified atom stereocenters. The van der Waals surface area contributed by atoms with Crippen LogP contribution in [0.25, 0.3) is 0 Å². The number of rotatable bonds is 7. The SMILES string of the molecule is COC(CCNC(=O)N(C)CCC(=O)O)C(F)(F)F. The molecule has 0 aromatic rings. The Morgan fingerprint density at radius 1 is 1.42 bits per heavy atom. The fourth-order valence-corrected chi connectivity index (χ4v) is 1.23. The van der Waals surface area contributed by atoms with Gasteiger partial charge in [-0.05, 0) is 6.42 Å². The summed E-state index contributed by atoms with van der Waals surface area (Å²) in [4.78, 5) is 22.7. The van der Waals surface area contributed by atoms with Crippen molar-refractivity contribution in [3.63, 3.8) is 0 Å². The standard InChI is InChI=1S/C10H17F3N2O4/c1-15(6-4-8(16)17)9(18)14-5-3-7(19-2)10(11,12)13/h7H,3-6H2,1-2H3,(H,14,18)(H,16,17). The van der Waals surface area contributed by atoms with E-state index in [2.05, 4.69) is 10.1 Å². The van der Waals surface area contributed by atoms with Crippen LogP contribution in [0.3, 0.4) is 0 Å². The molecule has 9 heteroatoms. The number of carbonyl (C=O) groups excluding carboxylic acids is 1. The molecule has 0 aliphatic rings. The number of carboxylic acid groups (broad SMARTS) is 1. The van der Waals surface area contributed by atoms with Gasteiger partial charge < -0.3 is 20.1 Å². The number of methoxy groups -OCH3 is 1. The van der Waals surface area contributed by atoms with Gasteiger partial charge in [-0.15, -0.1) is 0 Å². The van der Waals surface area contributed by atoms with Gasteiger partial charge in [0.1, 0.15) is 0 Å². The summed E-state index contributed by atoms with van der Waals surface area (Å²) in [5, 5.41) is 10.7. The first kappa shape index (κ1) is 17.5. The summed E-state index contributed by atoms with van der Waals surface area (Å²) in [6, 6.07) is -0.627. The van der Waals surface area contributed by atoms with Crippen molar-refractivity contribution in [3.8, 4) is 0 Å². The Hall–Kier alpha value is -1.51. The summed E-state index contributed by atoms with van der Waals surface area (Å²) in [5.74, 6) is -1.06. The van der Waals surface area contributed by atoms with E-state index in [1.807, 2.05) is 0 Å². The molecule has 0 aliphatic heterocycles. The maximum atomic E-state index is 12.3. The van der Waals surface area contributed by atoms with Crippen LogP contribution in [-0.4, -0.2) is 61.5 Å². The third-order valence-corrected chi connectivity index (χ3v) is 2.34. The van der Waals surface area contributed by atoms with E-state index < -0.39 is 30.7 Å². The minimum Gasteiger partial charge on any atom is -0.481 e. The molecule has 0 aromatic carbocycles. The average Bonchev–Trinajstić information content (AvgIpc) is 2.29. The van der Waals surface area contributed by atoms with Gasteiger partial charge in [-0.1, -0.05) is 0 Å². The number of nitrogens with one attached hydrogen (secondary N) is 1. The van der Waals surface area contributed by atoms with Crippen molar-refractivity contribution >= 4 is 12.0 Å². The molecule has 0 aromatic heterocycles. The number of aliphatic carboxylic acids is 1. The quantitative estimate of drug-likeness (QED) is 0.733. The Bertz CT molecular complexity index is 310. The number of hydrogen-bond donors (Lipinski definition) is 2. The molecule has 2 amide bonds. The molecule has 112 valence electrons. The van der Waals surface area contributed by atoms with Gasteiger partial charge in [0.2, 0.25) is 0 Å². The predicted molar refractivity (Wildman–Crippen MR) is 59.8 cm³/mol. The van der Waals surface area contributed by atoms with E-state index >= 15 is 0 Å². The van der Waals surface area contributed by atoms with Gasteiger partial charge in [-0.3, -0.25) is 4.79 Å². The molecular weight excluding hydrogens is 269 g/mol. The molecule has 19 heavy (non-hydrogen) atoms. The second kappa shape index (κ2) is 7.82. The molecule has 6 nitrogen and oxygen atoms in total. The van der Waals surface area contributed by atoms with Gasteiger partial charge in [0.15, 0.2) is 6.10 Å². The number of alkyl halides is 3. The van der Waals surface area contributed by atoms with Crippen LogP contribution in [-0.2, 0) is 9.53 Å². The smallest absolute Gasteiger partial charge is 0.414 e. The lowest BCUT2D eigenvalue weighted by atomic mass is 10.2. The fraction of sp³-hybridized carbons (Fsp3) is 0.800. The Morgan fingerprint density at radius 2 is 2.00 bits per heavy atom. The third kappa shape index (κ3) is 7.50. The van der Waals surface area contributed by atoms with Crippen LogP contribution < -0.4 is 5.32 Å². The summed E-state index contributed by atoms with van der Waals surface area (Å²) in [6.07, 6.45) is -7.04. The third-order valence-electron chi connectivity index (χ3n) is 2.34. The number of halogens is 3. The van der Waals surface area contributed by atoms with Crippen molar-refractivity contribution < 1.29 is 32.6 Å². The summed E-state index contributed by atoms with van der Waals surface area (Å²) < 4.78 is 41.2. The largest absolute Gasteiger partial charge is 0.481 e. The van der Waals surface area contributed by atoms with Crippen LogP contribution in [0.1, 0.15) is 12.8 Å². The summed E-state index contributed by atoms with van der Waals surface area (Å²) >= 11 is 0.